The number of hydrogen-bond donors (Lipinski definition) is 2. The van der Waals surface area contributed by atoms with E-state index < -0.39 is 5.91 Å². The first-order valence-electron chi connectivity index (χ1n) is 8.17. The van der Waals surface area contributed by atoms with E-state index in [9.17, 15) is 19.2 Å². The predicted molar refractivity (Wildman–Crippen MR) is 90.3 cm³/mol. The monoisotopic (exact) mass is 341 g/mol. The number of imide groups is 1. The lowest BCUT2D eigenvalue weighted by atomic mass is 9.85. The molecule has 3 rings (SSSR count). The van der Waals surface area contributed by atoms with Crippen LogP contribution in [0.1, 0.15) is 29.6 Å². The molecular formula is C18H19N3O4. The summed E-state index contributed by atoms with van der Waals surface area (Å²) in [6.45, 7) is 0.0792. The number of nitrogens with zero attached hydrogens (tertiary/aromatic N) is 1. The Bertz CT molecular complexity index is 728. The Morgan fingerprint density at radius 3 is 2.12 bits per heavy atom. The van der Waals surface area contributed by atoms with Crippen molar-refractivity contribution in [1.29, 1.82) is 0 Å². The number of nitrogens with one attached hydrogen (secondary N) is 1. The van der Waals surface area contributed by atoms with Gasteiger partial charge in [-0.1, -0.05) is 12.2 Å². The smallest absolute Gasteiger partial charge is 0.248 e. The SMILES string of the molecule is NC(=O)c1ccc(NC(=O)CCN2C(=O)[C@@H]3CC=CC[C@H]3C2=O)cc1. The van der Waals surface area contributed by atoms with E-state index in [-0.39, 0.29) is 42.5 Å². The van der Waals surface area contributed by atoms with Crippen LogP contribution in [-0.4, -0.2) is 35.1 Å². The van der Waals surface area contributed by atoms with Gasteiger partial charge in [-0.15, -0.1) is 0 Å². The molecule has 0 aromatic heterocycles. The zero-order chi connectivity index (χ0) is 18.0. The number of carbonyl (C=O) groups is 4. The van der Waals surface area contributed by atoms with E-state index in [1.54, 1.807) is 12.1 Å². The Balaban J connectivity index is 1.55. The summed E-state index contributed by atoms with van der Waals surface area (Å²) in [6, 6.07) is 6.18. The molecule has 1 saturated heterocycles. The minimum absolute atomic E-state index is 0.0297. The molecule has 7 nitrogen and oxygen atoms in total. The third kappa shape index (κ3) is 3.45. The van der Waals surface area contributed by atoms with Gasteiger partial charge in [0.15, 0.2) is 0 Å². The molecule has 0 radical (unpaired) electrons. The van der Waals surface area contributed by atoms with E-state index in [2.05, 4.69) is 5.32 Å². The molecular weight excluding hydrogens is 322 g/mol. The number of allylic oxidation sites excluding steroid dienone is 2. The summed E-state index contributed by atoms with van der Waals surface area (Å²) < 4.78 is 0. The standard InChI is InChI=1S/C18H19N3O4/c19-16(23)11-5-7-12(8-6-11)20-15(22)9-10-21-17(24)13-3-1-2-4-14(13)18(21)25/h1-2,5-8,13-14H,3-4,9-10H2,(H2,19,23)(H,20,22)/t13-,14-/m1/s1. The topological polar surface area (TPSA) is 110 Å². The fourth-order valence-electron chi connectivity index (χ4n) is 3.24. The van der Waals surface area contributed by atoms with Crippen molar-refractivity contribution >= 4 is 29.3 Å². The Kier molecular flexibility index (Phi) is 4.65. The Morgan fingerprint density at radius 1 is 1.04 bits per heavy atom. The van der Waals surface area contributed by atoms with E-state index in [1.807, 2.05) is 12.2 Å². The highest BCUT2D eigenvalue weighted by Crippen LogP contribution is 2.34. The van der Waals surface area contributed by atoms with E-state index >= 15 is 0 Å². The number of carbonyl (C=O) groups excluding carboxylic acids is 4. The average molecular weight is 341 g/mol. The van der Waals surface area contributed by atoms with Gasteiger partial charge in [-0.3, -0.25) is 24.1 Å². The maximum absolute atomic E-state index is 12.3. The minimum Gasteiger partial charge on any atom is -0.366 e. The molecule has 1 aliphatic heterocycles. The summed E-state index contributed by atoms with van der Waals surface area (Å²) in [5.74, 6) is -1.76. The van der Waals surface area contributed by atoms with Gasteiger partial charge < -0.3 is 11.1 Å². The second-order valence-corrected chi connectivity index (χ2v) is 6.22. The van der Waals surface area contributed by atoms with Gasteiger partial charge in [-0.2, -0.15) is 0 Å². The third-order valence-corrected chi connectivity index (χ3v) is 4.61. The van der Waals surface area contributed by atoms with E-state index in [0.29, 0.717) is 24.1 Å². The van der Waals surface area contributed by atoms with Crippen molar-refractivity contribution in [3.05, 3.63) is 42.0 Å². The van der Waals surface area contributed by atoms with Crippen molar-refractivity contribution in [2.24, 2.45) is 17.6 Å². The minimum atomic E-state index is -0.542. The van der Waals surface area contributed by atoms with Crippen molar-refractivity contribution in [2.75, 3.05) is 11.9 Å². The Hall–Kier alpha value is -2.96. The summed E-state index contributed by atoms with van der Waals surface area (Å²) >= 11 is 0. The van der Waals surface area contributed by atoms with Crippen LogP contribution in [0.5, 0.6) is 0 Å². The maximum atomic E-state index is 12.3. The van der Waals surface area contributed by atoms with Crippen LogP contribution in [0.2, 0.25) is 0 Å². The molecule has 2 aliphatic rings. The van der Waals surface area contributed by atoms with E-state index in [1.165, 1.54) is 17.0 Å². The van der Waals surface area contributed by atoms with Crippen molar-refractivity contribution < 1.29 is 19.2 Å². The quantitative estimate of drug-likeness (QED) is 0.616. The first-order chi connectivity index (χ1) is 12.0. The highest BCUT2D eigenvalue weighted by Gasteiger charge is 2.46. The summed E-state index contributed by atoms with van der Waals surface area (Å²) in [5.41, 5.74) is 6.03. The van der Waals surface area contributed by atoms with Gasteiger partial charge in [0.25, 0.3) is 0 Å². The molecule has 1 aliphatic carbocycles. The molecule has 0 bridgehead atoms. The summed E-state index contributed by atoms with van der Waals surface area (Å²) in [7, 11) is 0. The molecule has 2 atom stereocenters. The van der Waals surface area contributed by atoms with Crippen LogP contribution >= 0.6 is 0 Å². The normalized spacial score (nSPS) is 22.0. The lowest BCUT2D eigenvalue weighted by molar-refractivity contribution is -0.140. The third-order valence-electron chi connectivity index (χ3n) is 4.61. The van der Waals surface area contributed by atoms with Crippen molar-refractivity contribution in [3.63, 3.8) is 0 Å². The number of benzene rings is 1. The Labute approximate surface area is 144 Å². The lowest BCUT2D eigenvalue weighted by Gasteiger charge is -2.14. The maximum Gasteiger partial charge on any atom is 0.248 e. The molecule has 25 heavy (non-hydrogen) atoms. The predicted octanol–water partition coefficient (Wildman–Crippen LogP) is 1.07. The van der Waals surface area contributed by atoms with Crippen LogP contribution in [0.3, 0.4) is 0 Å². The van der Waals surface area contributed by atoms with Gasteiger partial charge in [-0.05, 0) is 37.1 Å². The molecule has 0 spiro atoms. The number of nitrogens with two attached hydrogens (primary N) is 1. The van der Waals surface area contributed by atoms with Gasteiger partial charge in [0.05, 0.1) is 11.8 Å². The first kappa shape index (κ1) is 16.9. The fraction of sp³-hybridized carbons (Fsp3) is 0.333. The van der Waals surface area contributed by atoms with Crippen LogP contribution in [0, 0.1) is 11.8 Å². The molecule has 0 unspecified atom stereocenters. The lowest BCUT2D eigenvalue weighted by Crippen LogP contribution is -2.34. The molecule has 0 saturated carbocycles. The van der Waals surface area contributed by atoms with Crippen molar-refractivity contribution in [3.8, 4) is 0 Å². The molecule has 130 valence electrons. The number of rotatable bonds is 5. The molecule has 7 heteroatoms. The number of likely N-dealkylation sites (tertiary alicyclic amines) is 1. The number of hydrogen-bond acceptors (Lipinski definition) is 4. The fourth-order valence-corrected chi connectivity index (χ4v) is 3.24. The number of amides is 4. The average Bonchev–Trinajstić information content (AvgIpc) is 2.85. The molecule has 1 aromatic carbocycles. The zero-order valence-electron chi connectivity index (χ0n) is 13.6. The van der Waals surface area contributed by atoms with Crippen molar-refractivity contribution in [2.45, 2.75) is 19.3 Å². The second kappa shape index (κ2) is 6.88. The molecule has 1 aromatic rings. The Morgan fingerprint density at radius 2 is 1.60 bits per heavy atom. The van der Waals surface area contributed by atoms with E-state index in [4.69, 9.17) is 5.73 Å². The first-order valence-corrected chi connectivity index (χ1v) is 8.17. The van der Waals surface area contributed by atoms with Crippen LogP contribution in [0.4, 0.5) is 5.69 Å². The van der Waals surface area contributed by atoms with Crippen molar-refractivity contribution in [1.82, 2.24) is 4.90 Å². The van der Waals surface area contributed by atoms with E-state index in [0.717, 1.165) is 0 Å². The van der Waals surface area contributed by atoms with Gasteiger partial charge >= 0.3 is 0 Å². The highest BCUT2D eigenvalue weighted by molar-refractivity contribution is 6.06. The molecule has 1 heterocycles. The molecule has 4 amide bonds. The van der Waals surface area contributed by atoms with Gasteiger partial charge in [0.2, 0.25) is 23.6 Å². The van der Waals surface area contributed by atoms with Crippen LogP contribution < -0.4 is 11.1 Å². The summed E-state index contributed by atoms with van der Waals surface area (Å²) in [6.07, 6.45) is 5.06. The number of primary amides is 1. The van der Waals surface area contributed by atoms with Gasteiger partial charge in [-0.25, -0.2) is 0 Å². The highest BCUT2D eigenvalue weighted by atomic mass is 16.2. The molecule has 1 fully saturated rings. The van der Waals surface area contributed by atoms with Crippen LogP contribution in [0.15, 0.2) is 36.4 Å². The van der Waals surface area contributed by atoms with Crippen LogP contribution in [0.25, 0.3) is 0 Å². The summed E-state index contributed by atoms with van der Waals surface area (Å²) in [4.78, 5) is 48.9. The zero-order valence-corrected chi connectivity index (χ0v) is 13.6. The summed E-state index contributed by atoms with van der Waals surface area (Å²) in [5, 5.41) is 2.67. The van der Waals surface area contributed by atoms with Gasteiger partial charge in [0, 0.05) is 24.2 Å². The number of anilines is 1. The number of fused-ring (bicyclic) bond motifs is 1. The van der Waals surface area contributed by atoms with Crippen LogP contribution in [-0.2, 0) is 14.4 Å². The second-order valence-electron chi connectivity index (χ2n) is 6.22. The largest absolute Gasteiger partial charge is 0.366 e. The molecule has 3 N–H and O–H groups in total. The van der Waals surface area contributed by atoms with Gasteiger partial charge in [0.1, 0.15) is 0 Å².